The highest BCUT2D eigenvalue weighted by molar-refractivity contribution is 7.89. The van der Waals surface area contributed by atoms with Crippen molar-refractivity contribution >= 4 is 16.1 Å². The molecule has 80 valence electrons. The van der Waals surface area contributed by atoms with Crippen LogP contribution in [0.1, 0.15) is 0 Å². The van der Waals surface area contributed by atoms with E-state index < -0.39 is 16.1 Å². The standard InChI is InChI=1S/C9H9NO4S/c11-9-10(6-7-14-9)15(12,13)8-4-2-1-3-5-8/h1-5H,6-7H2. The second-order valence-corrected chi connectivity index (χ2v) is 4.87. The molecular weight excluding hydrogens is 218 g/mol. The van der Waals surface area contributed by atoms with Crippen LogP contribution in [0.3, 0.4) is 0 Å². The smallest absolute Gasteiger partial charge is 0.424 e. The third kappa shape index (κ3) is 1.68. The van der Waals surface area contributed by atoms with Gasteiger partial charge in [-0.25, -0.2) is 13.2 Å². The van der Waals surface area contributed by atoms with Crippen LogP contribution in [-0.2, 0) is 14.8 Å². The molecule has 0 saturated carbocycles. The van der Waals surface area contributed by atoms with E-state index in [1.165, 1.54) is 12.1 Å². The van der Waals surface area contributed by atoms with Crippen LogP contribution in [0.4, 0.5) is 4.79 Å². The molecule has 6 heteroatoms. The maximum Gasteiger partial charge on any atom is 0.424 e. The number of amides is 1. The molecule has 1 aromatic rings. The highest BCUT2D eigenvalue weighted by atomic mass is 32.2. The minimum absolute atomic E-state index is 0.0794. The molecule has 0 spiro atoms. The van der Waals surface area contributed by atoms with Crippen LogP contribution < -0.4 is 0 Å². The minimum Gasteiger partial charge on any atom is -0.447 e. The first-order valence-corrected chi connectivity index (χ1v) is 5.81. The molecule has 15 heavy (non-hydrogen) atoms. The topological polar surface area (TPSA) is 63.7 Å². The number of cyclic esters (lactones) is 1. The molecule has 0 unspecified atom stereocenters. The molecule has 0 N–H and O–H groups in total. The van der Waals surface area contributed by atoms with Gasteiger partial charge in [-0.3, -0.25) is 0 Å². The summed E-state index contributed by atoms with van der Waals surface area (Å²) < 4.78 is 29.1. The fourth-order valence-corrected chi connectivity index (χ4v) is 2.64. The number of hydrogen-bond acceptors (Lipinski definition) is 4. The average molecular weight is 227 g/mol. The van der Waals surface area contributed by atoms with E-state index in [4.69, 9.17) is 0 Å². The summed E-state index contributed by atoms with van der Waals surface area (Å²) in [6, 6.07) is 7.81. The van der Waals surface area contributed by atoms with Crippen LogP contribution in [0, 0.1) is 0 Å². The van der Waals surface area contributed by atoms with Gasteiger partial charge in [0, 0.05) is 0 Å². The number of carbonyl (C=O) groups is 1. The van der Waals surface area contributed by atoms with Gasteiger partial charge < -0.3 is 4.74 Å². The molecule has 0 radical (unpaired) electrons. The van der Waals surface area contributed by atoms with Crippen molar-refractivity contribution in [3.63, 3.8) is 0 Å². The minimum atomic E-state index is -3.73. The first kappa shape index (κ1) is 9.97. The molecule has 2 rings (SSSR count). The Morgan fingerprint density at radius 1 is 1.20 bits per heavy atom. The number of hydrogen-bond donors (Lipinski definition) is 0. The molecule has 0 bridgehead atoms. The summed E-state index contributed by atoms with van der Waals surface area (Å²) in [6.07, 6.45) is -0.807. The van der Waals surface area contributed by atoms with Gasteiger partial charge in [0.1, 0.15) is 6.61 Å². The maximum absolute atomic E-state index is 11.9. The average Bonchev–Trinajstić information content (AvgIpc) is 2.66. The third-order valence-corrected chi connectivity index (χ3v) is 3.83. The Hall–Kier alpha value is -1.56. The Morgan fingerprint density at radius 3 is 2.40 bits per heavy atom. The Balaban J connectivity index is 2.40. The molecule has 1 aliphatic rings. The Labute approximate surface area is 87.3 Å². The monoisotopic (exact) mass is 227 g/mol. The lowest BCUT2D eigenvalue weighted by Gasteiger charge is -2.12. The van der Waals surface area contributed by atoms with Crippen molar-refractivity contribution in [3.05, 3.63) is 30.3 Å². The Kier molecular flexibility index (Phi) is 2.36. The van der Waals surface area contributed by atoms with Gasteiger partial charge in [0.05, 0.1) is 11.4 Å². The van der Waals surface area contributed by atoms with Gasteiger partial charge in [-0.1, -0.05) is 18.2 Å². The summed E-state index contributed by atoms with van der Waals surface area (Å²) in [6.45, 7) is 0.195. The first-order valence-electron chi connectivity index (χ1n) is 4.37. The number of ether oxygens (including phenoxy) is 1. The summed E-state index contributed by atoms with van der Waals surface area (Å²) in [5.41, 5.74) is 0. The van der Waals surface area contributed by atoms with Crippen molar-refractivity contribution in [3.8, 4) is 0 Å². The van der Waals surface area contributed by atoms with Crippen molar-refractivity contribution in [2.24, 2.45) is 0 Å². The van der Waals surface area contributed by atoms with Crippen LogP contribution in [0.5, 0.6) is 0 Å². The zero-order valence-electron chi connectivity index (χ0n) is 7.79. The molecule has 0 atom stereocenters. The summed E-state index contributed by atoms with van der Waals surface area (Å²) in [5.74, 6) is 0. The first-order chi connectivity index (χ1) is 7.12. The molecule has 1 fully saturated rings. The van der Waals surface area contributed by atoms with Crippen LogP contribution >= 0.6 is 0 Å². The van der Waals surface area contributed by atoms with Crippen molar-refractivity contribution in [1.29, 1.82) is 0 Å². The van der Waals surface area contributed by atoms with E-state index in [2.05, 4.69) is 4.74 Å². The molecular formula is C9H9NO4S. The summed E-state index contributed by atoms with van der Waals surface area (Å²) in [4.78, 5) is 11.2. The van der Waals surface area contributed by atoms with Gasteiger partial charge in [-0.2, -0.15) is 4.31 Å². The normalized spacial score (nSPS) is 16.5. The van der Waals surface area contributed by atoms with Crippen molar-refractivity contribution in [2.45, 2.75) is 4.90 Å². The zero-order chi connectivity index (χ0) is 10.9. The second kappa shape index (κ2) is 3.54. The van der Waals surface area contributed by atoms with Crippen molar-refractivity contribution in [1.82, 2.24) is 4.31 Å². The van der Waals surface area contributed by atoms with Crippen LogP contribution in [0.25, 0.3) is 0 Å². The molecule has 0 aliphatic carbocycles. The zero-order valence-corrected chi connectivity index (χ0v) is 8.61. The van der Waals surface area contributed by atoms with Crippen molar-refractivity contribution in [2.75, 3.05) is 13.2 Å². The maximum atomic E-state index is 11.9. The Morgan fingerprint density at radius 2 is 1.87 bits per heavy atom. The Bertz CT molecular complexity index is 468. The van der Waals surface area contributed by atoms with E-state index in [0.717, 1.165) is 4.31 Å². The predicted molar refractivity (Wildman–Crippen MR) is 51.7 cm³/mol. The van der Waals surface area contributed by atoms with E-state index in [1.54, 1.807) is 18.2 Å². The fourth-order valence-electron chi connectivity index (χ4n) is 1.32. The van der Waals surface area contributed by atoms with Crippen LogP contribution in [0.15, 0.2) is 35.2 Å². The van der Waals surface area contributed by atoms with Gasteiger partial charge in [0.25, 0.3) is 10.0 Å². The van der Waals surface area contributed by atoms with Crippen molar-refractivity contribution < 1.29 is 17.9 Å². The van der Waals surface area contributed by atoms with Gasteiger partial charge in [0.15, 0.2) is 0 Å². The highest BCUT2D eigenvalue weighted by Crippen LogP contribution is 2.18. The molecule has 1 aromatic carbocycles. The molecule has 1 heterocycles. The molecule has 1 saturated heterocycles. The molecule has 1 amide bonds. The second-order valence-electron chi connectivity index (χ2n) is 3.00. The lowest BCUT2D eigenvalue weighted by atomic mass is 10.4. The summed E-state index contributed by atoms with van der Waals surface area (Å²) in [7, 11) is -3.73. The predicted octanol–water partition coefficient (Wildman–Crippen LogP) is 0.828. The molecule has 1 aliphatic heterocycles. The number of nitrogens with zero attached hydrogens (tertiary/aromatic N) is 1. The quantitative estimate of drug-likeness (QED) is 0.750. The number of carbonyl (C=O) groups excluding carboxylic acids is 1. The number of sulfonamides is 1. The highest BCUT2D eigenvalue weighted by Gasteiger charge is 2.34. The lowest BCUT2D eigenvalue weighted by molar-refractivity contribution is 0.170. The largest absolute Gasteiger partial charge is 0.447 e. The van der Waals surface area contributed by atoms with E-state index in [1.807, 2.05) is 0 Å². The van der Waals surface area contributed by atoms with Gasteiger partial charge >= 0.3 is 6.09 Å². The van der Waals surface area contributed by atoms with E-state index in [9.17, 15) is 13.2 Å². The molecule has 5 nitrogen and oxygen atoms in total. The van der Waals surface area contributed by atoms with Gasteiger partial charge in [-0.05, 0) is 12.1 Å². The lowest BCUT2D eigenvalue weighted by Crippen LogP contribution is -2.31. The van der Waals surface area contributed by atoms with Crippen LogP contribution in [-0.4, -0.2) is 32.0 Å². The summed E-state index contributed by atoms with van der Waals surface area (Å²) in [5, 5.41) is 0. The van der Waals surface area contributed by atoms with E-state index in [-0.39, 0.29) is 18.0 Å². The van der Waals surface area contributed by atoms with E-state index in [0.29, 0.717) is 0 Å². The van der Waals surface area contributed by atoms with Gasteiger partial charge in [0.2, 0.25) is 0 Å². The fraction of sp³-hybridized carbons (Fsp3) is 0.222. The number of rotatable bonds is 2. The SMILES string of the molecule is O=C1OCCN1S(=O)(=O)c1ccccc1. The third-order valence-electron chi connectivity index (χ3n) is 2.05. The van der Waals surface area contributed by atoms with E-state index >= 15 is 0 Å². The number of benzene rings is 1. The molecule has 0 aromatic heterocycles. The van der Waals surface area contributed by atoms with Gasteiger partial charge in [-0.15, -0.1) is 0 Å². The summed E-state index contributed by atoms with van der Waals surface area (Å²) >= 11 is 0. The van der Waals surface area contributed by atoms with Crippen LogP contribution in [0.2, 0.25) is 0 Å².